The Morgan fingerprint density at radius 3 is 2.62 bits per heavy atom. The Kier molecular flexibility index (Phi) is 4.27. The molecule has 1 N–H and O–H groups in total. The van der Waals surface area contributed by atoms with Gasteiger partial charge in [-0.15, -0.1) is 0 Å². The highest BCUT2D eigenvalue weighted by molar-refractivity contribution is 6.04. The Balaban J connectivity index is 2.95. The van der Waals surface area contributed by atoms with E-state index in [4.69, 9.17) is 0 Å². The smallest absolute Gasteiger partial charge is 0.339 e. The summed E-state index contributed by atoms with van der Waals surface area (Å²) in [6, 6.07) is 6.68. The zero-order chi connectivity index (χ0) is 12.0. The minimum absolute atomic E-state index is 0.279. The topological polar surface area (TPSA) is 55.4 Å². The van der Waals surface area contributed by atoms with E-state index in [0.29, 0.717) is 11.3 Å². The van der Waals surface area contributed by atoms with Crippen molar-refractivity contribution >= 4 is 17.6 Å². The molecule has 1 aromatic rings. The third-order valence-electron chi connectivity index (χ3n) is 1.91. The maximum Gasteiger partial charge on any atom is 0.339 e. The summed E-state index contributed by atoms with van der Waals surface area (Å²) in [5, 5.41) is 2.60. The molecule has 1 rings (SSSR count). The molecule has 4 heteroatoms. The average molecular weight is 219 g/mol. The summed E-state index contributed by atoms with van der Waals surface area (Å²) >= 11 is 0. The Labute approximate surface area is 93.9 Å². The molecule has 0 bridgehead atoms. The molecule has 1 aromatic carbocycles. The van der Waals surface area contributed by atoms with E-state index in [2.05, 4.69) is 10.1 Å². The van der Waals surface area contributed by atoms with Crippen molar-refractivity contribution in [2.45, 2.75) is 6.92 Å². The molecule has 0 saturated carbocycles. The van der Waals surface area contributed by atoms with Crippen molar-refractivity contribution in [1.82, 2.24) is 0 Å². The Hall–Kier alpha value is -2.10. The summed E-state index contributed by atoms with van der Waals surface area (Å²) in [4.78, 5) is 22.7. The Bertz CT molecular complexity index is 424. The van der Waals surface area contributed by atoms with Crippen LogP contribution in [0.25, 0.3) is 0 Å². The average Bonchev–Trinajstić information content (AvgIpc) is 2.29. The third-order valence-corrected chi connectivity index (χ3v) is 1.91. The van der Waals surface area contributed by atoms with Gasteiger partial charge in [-0.2, -0.15) is 0 Å². The van der Waals surface area contributed by atoms with E-state index in [1.54, 1.807) is 37.3 Å². The van der Waals surface area contributed by atoms with Crippen LogP contribution in [-0.4, -0.2) is 19.0 Å². The lowest BCUT2D eigenvalue weighted by molar-refractivity contribution is -0.111. The number of carbonyl (C=O) groups excluding carboxylic acids is 2. The molecule has 0 aliphatic carbocycles. The van der Waals surface area contributed by atoms with Crippen LogP contribution < -0.4 is 5.32 Å². The molecule has 0 aliphatic heterocycles. The van der Waals surface area contributed by atoms with Crippen LogP contribution in [0.3, 0.4) is 0 Å². The second-order valence-corrected chi connectivity index (χ2v) is 3.03. The van der Waals surface area contributed by atoms with Crippen molar-refractivity contribution in [3.8, 4) is 0 Å². The molecule has 0 unspecified atom stereocenters. The molecule has 16 heavy (non-hydrogen) atoms. The summed E-state index contributed by atoms with van der Waals surface area (Å²) in [5.74, 6) is -0.754. The van der Waals surface area contributed by atoms with Crippen LogP contribution in [0.15, 0.2) is 36.4 Å². The van der Waals surface area contributed by atoms with Gasteiger partial charge in [0.2, 0.25) is 5.91 Å². The van der Waals surface area contributed by atoms with Crippen molar-refractivity contribution in [2.24, 2.45) is 0 Å². The maximum atomic E-state index is 11.4. The highest BCUT2D eigenvalue weighted by Crippen LogP contribution is 2.15. The van der Waals surface area contributed by atoms with Gasteiger partial charge in [-0.3, -0.25) is 4.79 Å². The van der Waals surface area contributed by atoms with Gasteiger partial charge >= 0.3 is 5.97 Å². The highest BCUT2D eigenvalue weighted by Gasteiger charge is 2.11. The van der Waals surface area contributed by atoms with E-state index in [1.807, 2.05) is 0 Å². The molecule has 0 atom stereocenters. The van der Waals surface area contributed by atoms with Crippen LogP contribution in [0.1, 0.15) is 17.3 Å². The van der Waals surface area contributed by atoms with E-state index in [0.717, 1.165) is 0 Å². The fraction of sp³-hybridized carbons (Fsp3) is 0.167. The summed E-state index contributed by atoms with van der Waals surface area (Å²) in [6.45, 7) is 1.74. The molecule has 84 valence electrons. The van der Waals surface area contributed by atoms with Crippen molar-refractivity contribution < 1.29 is 14.3 Å². The SMILES string of the molecule is CC=CC(=O)Nc1ccccc1C(=O)OC. The molecule has 0 aliphatic rings. The fourth-order valence-electron chi connectivity index (χ4n) is 1.21. The largest absolute Gasteiger partial charge is 0.465 e. The molecule has 0 fully saturated rings. The van der Waals surface area contributed by atoms with E-state index in [-0.39, 0.29) is 5.91 Å². The molecule has 0 saturated heterocycles. The first kappa shape index (κ1) is 12.0. The number of esters is 1. The number of rotatable bonds is 3. The van der Waals surface area contributed by atoms with Crippen molar-refractivity contribution in [2.75, 3.05) is 12.4 Å². The van der Waals surface area contributed by atoms with Gasteiger partial charge in [0, 0.05) is 0 Å². The maximum absolute atomic E-state index is 11.4. The Morgan fingerprint density at radius 2 is 2.00 bits per heavy atom. The lowest BCUT2D eigenvalue weighted by Gasteiger charge is -2.07. The van der Waals surface area contributed by atoms with Crippen molar-refractivity contribution in [1.29, 1.82) is 0 Å². The normalized spacial score (nSPS) is 10.1. The number of ether oxygens (including phenoxy) is 1. The van der Waals surface area contributed by atoms with Crippen LogP contribution in [-0.2, 0) is 9.53 Å². The minimum atomic E-state index is -0.476. The number of hydrogen-bond donors (Lipinski definition) is 1. The van der Waals surface area contributed by atoms with Crippen LogP contribution >= 0.6 is 0 Å². The van der Waals surface area contributed by atoms with E-state index in [9.17, 15) is 9.59 Å². The second-order valence-electron chi connectivity index (χ2n) is 3.03. The zero-order valence-corrected chi connectivity index (χ0v) is 9.19. The number of benzene rings is 1. The lowest BCUT2D eigenvalue weighted by atomic mass is 10.2. The molecule has 1 amide bonds. The van der Waals surface area contributed by atoms with Gasteiger partial charge in [0.25, 0.3) is 0 Å². The molecule has 0 heterocycles. The van der Waals surface area contributed by atoms with Crippen molar-refractivity contribution in [3.63, 3.8) is 0 Å². The molecule has 0 aromatic heterocycles. The molecular formula is C12H13NO3. The fourth-order valence-corrected chi connectivity index (χ4v) is 1.21. The van der Waals surface area contributed by atoms with Gasteiger partial charge in [0.1, 0.15) is 0 Å². The molecule has 0 spiro atoms. The van der Waals surface area contributed by atoms with Crippen LogP contribution in [0.4, 0.5) is 5.69 Å². The van der Waals surface area contributed by atoms with Gasteiger partial charge in [0.15, 0.2) is 0 Å². The number of para-hydroxylation sites is 1. The number of anilines is 1. The Morgan fingerprint density at radius 1 is 1.31 bits per heavy atom. The highest BCUT2D eigenvalue weighted by atomic mass is 16.5. The molecule has 0 radical (unpaired) electrons. The summed E-state index contributed by atoms with van der Waals surface area (Å²) < 4.78 is 4.61. The third kappa shape index (κ3) is 2.95. The second kappa shape index (κ2) is 5.70. The lowest BCUT2D eigenvalue weighted by Crippen LogP contribution is -2.12. The zero-order valence-electron chi connectivity index (χ0n) is 9.19. The van der Waals surface area contributed by atoms with E-state index < -0.39 is 5.97 Å². The minimum Gasteiger partial charge on any atom is -0.465 e. The number of methoxy groups -OCH3 is 1. The monoisotopic (exact) mass is 219 g/mol. The number of carbonyl (C=O) groups is 2. The number of nitrogens with one attached hydrogen (secondary N) is 1. The molecule has 4 nitrogen and oxygen atoms in total. The van der Waals surface area contributed by atoms with E-state index >= 15 is 0 Å². The number of allylic oxidation sites excluding steroid dienone is 1. The van der Waals surface area contributed by atoms with Gasteiger partial charge in [0.05, 0.1) is 18.4 Å². The first-order valence-corrected chi connectivity index (χ1v) is 4.80. The quantitative estimate of drug-likeness (QED) is 0.624. The van der Waals surface area contributed by atoms with Crippen LogP contribution in [0.2, 0.25) is 0 Å². The number of amides is 1. The van der Waals surface area contributed by atoms with E-state index in [1.165, 1.54) is 13.2 Å². The van der Waals surface area contributed by atoms with Gasteiger partial charge < -0.3 is 10.1 Å². The predicted octanol–water partition coefficient (Wildman–Crippen LogP) is 1.99. The summed E-state index contributed by atoms with van der Waals surface area (Å²) in [5.41, 5.74) is 0.778. The van der Waals surface area contributed by atoms with Gasteiger partial charge in [-0.25, -0.2) is 4.79 Å². The predicted molar refractivity (Wildman–Crippen MR) is 61.2 cm³/mol. The number of hydrogen-bond acceptors (Lipinski definition) is 3. The standard InChI is InChI=1S/C12H13NO3/c1-3-6-11(14)13-10-8-5-4-7-9(10)12(15)16-2/h3-8H,1-2H3,(H,13,14). The van der Waals surface area contributed by atoms with Crippen molar-refractivity contribution in [3.05, 3.63) is 42.0 Å². The van der Waals surface area contributed by atoms with Gasteiger partial charge in [-0.1, -0.05) is 18.2 Å². The first-order valence-electron chi connectivity index (χ1n) is 4.80. The summed E-state index contributed by atoms with van der Waals surface area (Å²) in [6.07, 6.45) is 3.00. The van der Waals surface area contributed by atoms with Crippen LogP contribution in [0, 0.1) is 0 Å². The molecular weight excluding hydrogens is 206 g/mol. The van der Waals surface area contributed by atoms with Crippen LogP contribution in [0.5, 0.6) is 0 Å². The first-order chi connectivity index (χ1) is 7.69. The summed E-state index contributed by atoms with van der Waals surface area (Å²) in [7, 11) is 1.30. The van der Waals surface area contributed by atoms with Gasteiger partial charge in [-0.05, 0) is 25.1 Å².